The van der Waals surface area contributed by atoms with Gasteiger partial charge in [0.2, 0.25) is 0 Å². The van der Waals surface area contributed by atoms with E-state index in [1.165, 1.54) is 10.9 Å². The number of rotatable bonds is 0. The van der Waals surface area contributed by atoms with E-state index >= 15 is 0 Å². The van der Waals surface area contributed by atoms with Crippen LogP contribution >= 0.6 is 15.9 Å². The average molecular weight is 276 g/mol. The van der Waals surface area contributed by atoms with Crippen LogP contribution in [0.15, 0.2) is 28.9 Å². The van der Waals surface area contributed by atoms with E-state index in [1.807, 2.05) is 17.5 Å². The minimum absolute atomic E-state index is 0.911. The topological polar surface area (TPSA) is 30.2 Å². The van der Waals surface area contributed by atoms with Crippen molar-refractivity contribution in [2.24, 2.45) is 0 Å². The molecule has 0 saturated carbocycles. The third-order valence-electron chi connectivity index (χ3n) is 2.87. The van der Waals surface area contributed by atoms with Crippen LogP contribution in [0, 0.1) is 13.8 Å². The summed E-state index contributed by atoms with van der Waals surface area (Å²) >= 11 is 3.62. The van der Waals surface area contributed by atoms with Gasteiger partial charge in [0.05, 0.1) is 0 Å². The Morgan fingerprint density at radius 1 is 1.06 bits per heavy atom. The van der Waals surface area contributed by atoms with E-state index in [0.717, 1.165) is 21.3 Å². The van der Waals surface area contributed by atoms with Gasteiger partial charge < -0.3 is 0 Å². The molecule has 0 fully saturated rings. The summed E-state index contributed by atoms with van der Waals surface area (Å²) in [5, 5.41) is 10.6. The second-order valence-corrected chi connectivity index (χ2v) is 4.71. The Morgan fingerprint density at radius 3 is 2.69 bits per heavy atom. The minimum Gasteiger partial charge on any atom is -0.286 e. The maximum Gasteiger partial charge on any atom is 0.168 e. The number of halogens is 1. The highest BCUT2D eigenvalue weighted by Gasteiger charge is 2.08. The first-order chi connectivity index (χ1) is 7.68. The number of pyridine rings is 1. The van der Waals surface area contributed by atoms with E-state index in [0.29, 0.717) is 0 Å². The zero-order valence-corrected chi connectivity index (χ0v) is 10.6. The fourth-order valence-electron chi connectivity index (χ4n) is 1.94. The molecule has 0 unspecified atom stereocenters. The molecule has 80 valence electrons. The highest BCUT2D eigenvalue weighted by Crippen LogP contribution is 2.29. The highest BCUT2D eigenvalue weighted by atomic mass is 79.9. The van der Waals surface area contributed by atoms with Crippen molar-refractivity contribution in [2.75, 3.05) is 0 Å². The molecule has 4 heteroatoms. The second kappa shape index (κ2) is 3.28. The van der Waals surface area contributed by atoms with Crippen LogP contribution in [0.2, 0.25) is 0 Å². The van der Waals surface area contributed by atoms with Crippen molar-refractivity contribution in [1.82, 2.24) is 14.6 Å². The third kappa shape index (κ3) is 1.19. The van der Waals surface area contributed by atoms with Crippen molar-refractivity contribution in [3.63, 3.8) is 0 Å². The van der Waals surface area contributed by atoms with Gasteiger partial charge in [-0.05, 0) is 41.4 Å². The standard InChI is InChI=1S/C12H10BrN3/c1-7-3-4-10-9(11(7)13)5-6-16-8(2)14-15-12(10)16/h3-6H,1-2H3. The lowest BCUT2D eigenvalue weighted by Gasteiger charge is -2.05. The fourth-order valence-corrected chi connectivity index (χ4v) is 2.42. The van der Waals surface area contributed by atoms with Crippen LogP contribution in [0.3, 0.4) is 0 Å². The van der Waals surface area contributed by atoms with Gasteiger partial charge in [-0.2, -0.15) is 0 Å². The summed E-state index contributed by atoms with van der Waals surface area (Å²) < 4.78 is 3.14. The van der Waals surface area contributed by atoms with Crippen LogP contribution in [0.5, 0.6) is 0 Å². The summed E-state index contributed by atoms with van der Waals surface area (Å²) in [6.07, 6.45) is 2.01. The maximum atomic E-state index is 4.21. The van der Waals surface area contributed by atoms with Crippen molar-refractivity contribution in [2.45, 2.75) is 13.8 Å². The van der Waals surface area contributed by atoms with Gasteiger partial charge in [0.1, 0.15) is 5.82 Å². The van der Waals surface area contributed by atoms with E-state index in [9.17, 15) is 0 Å². The first-order valence-electron chi connectivity index (χ1n) is 5.07. The van der Waals surface area contributed by atoms with E-state index in [1.54, 1.807) is 0 Å². The van der Waals surface area contributed by atoms with E-state index in [2.05, 4.69) is 51.3 Å². The highest BCUT2D eigenvalue weighted by molar-refractivity contribution is 9.10. The van der Waals surface area contributed by atoms with Gasteiger partial charge in [-0.1, -0.05) is 12.1 Å². The molecule has 0 radical (unpaired) electrons. The van der Waals surface area contributed by atoms with E-state index in [-0.39, 0.29) is 0 Å². The van der Waals surface area contributed by atoms with Crippen LogP contribution in [-0.4, -0.2) is 14.6 Å². The first kappa shape index (κ1) is 9.78. The van der Waals surface area contributed by atoms with E-state index < -0.39 is 0 Å². The monoisotopic (exact) mass is 275 g/mol. The Kier molecular flexibility index (Phi) is 2.01. The first-order valence-corrected chi connectivity index (χ1v) is 5.87. The molecule has 0 bridgehead atoms. The largest absolute Gasteiger partial charge is 0.286 e. The molecule has 3 aromatic rings. The van der Waals surface area contributed by atoms with Crippen molar-refractivity contribution in [3.05, 3.63) is 40.3 Å². The zero-order chi connectivity index (χ0) is 11.3. The van der Waals surface area contributed by atoms with Crippen molar-refractivity contribution in [1.29, 1.82) is 0 Å². The third-order valence-corrected chi connectivity index (χ3v) is 3.92. The smallest absolute Gasteiger partial charge is 0.168 e. The van der Waals surface area contributed by atoms with Gasteiger partial charge in [-0.25, -0.2) is 0 Å². The summed E-state index contributed by atoms with van der Waals surface area (Å²) in [6, 6.07) is 6.28. The van der Waals surface area contributed by atoms with Crippen molar-refractivity contribution in [3.8, 4) is 0 Å². The molecule has 16 heavy (non-hydrogen) atoms. The summed E-state index contributed by atoms with van der Waals surface area (Å²) in [5.74, 6) is 0.911. The van der Waals surface area contributed by atoms with Crippen LogP contribution in [-0.2, 0) is 0 Å². The van der Waals surface area contributed by atoms with Gasteiger partial charge in [-0.15, -0.1) is 10.2 Å². The summed E-state index contributed by atoms with van der Waals surface area (Å²) in [7, 11) is 0. The summed E-state index contributed by atoms with van der Waals surface area (Å²) in [6.45, 7) is 4.04. The quantitative estimate of drug-likeness (QED) is 0.631. The Bertz CT molecular complexity index is 700. The minimum atomic E-state index is 0.911. The van der Waals surface area contributed by atoms with Crippen molar-refractivity contribution >= 4 is 32.3 Å². The van der Waals surface area contributed by atoms with Crippen LogP contribution < -0.4 is 0 Å². The molecule has 1 aromatic carbocycles. The molecule has 2 heterocycles. The molecule has 0 N–H and O–H groups in total. The Hall–Kier alpha value is -1.42. The number of nitrogens with zero attached hydrogens (tertiary/aromatic N) is 3. The molecule has 0 aliphatic heterocycles. The summed E-state index contributed by atoms with van der Waals surface area (Å²) in [5.41, 5.74) is 2.14. The number of fused-ring (bicyclic) bond motifs is 3. The maximum absolute atomic E-state index is 4.21. The molecule has 0 aliphatic carbocycles. The zero-order valence-electron chi connectivity index (χ0n) is 9.03. The molecule has 0 saturated heterocycles. The molecule has 0 aliphatic rings. The lowest BCUT2D eigenvalue weighted by atomic mass is 10.1. The predicted octanol–water partition coefficient (Wildman–Crippen LogP) is 3.26. The molecule has 2 aromatic heterocycles. The van der Waals surface area contributed by atoms with Gasteiger partial charge in [0, 0.05) is 21.4 Å². The average Bonchev–Trinajstić information content (AvgIpc) is 2.66. The van der Waals surface area contributed by atoms with Gasteiger partial charge in [-0.3, -0.25) is 4.40 Å². The number of aryl methyl sites for hydroxylation is 2. The second-order valence-electron chi connectivity index (χ2n) is 3.91. The molecule has 0 spiro atoms. The lowest BCUT2D eigenvalue weighted by molar-refractivity contribution is 1.01. The Balaban J connectivity index is 2.57. The molecule has 0 amide bonds. The number of hydrogen-bond acceptors (Lipinski definition) is 2. The number of benzene rings is 1. The van der Waals surface area contributed by atoms with E-state index in [4.69, 9.17) is 0 Å². The van der Waals surface area contributed by atoms with Crippen LogP contribution in [0.1, 0.15) is 11.4 Å². The van der Waals surface area contributed by atoms with Crippen LogP contribution in [0.4, 0.5) is 0 Å². The predicted molar refractivity (Wildman–Crippen MR) is 67.7 cm³/mol. The van der Waals surface area contributed by atoms with Gasteiger partial charge >= 0.3 is 0 Å². The van der Waals surface area contributed by atoms with Gasteiger partial charge in [0.15, 0.2) is 5.65 Å². The lowest BCUT2D eigenvalue weighted by Crippen LogP contribution is -1.89. The Morgan fingerprint density at radius 2 is 1.88 bits per heavy atom. The van der Waals surface area contributed by atoms with Crippen molar-refractivity contribution < 1.29 is 0 Å². The SMILES string of the molecule is Cc1ccc2c(ccn3c(C)nnc23)c1Br. The molecular formula is C12H10BrN3. The molecular weight excluding hydrogens is 266 g/mol. The van der Waals surface area contributed by atoms with Gasteiger partial charge in [0.25, 0.3) is 0 Å². The molecule has 3 rings (SSSR count). The summed E-state index contributed by atoms with van der Waals surface area (Å²) in [4.78, 5) is 0. The number of hydrogen-bond donors (Lipinski definition) is 0. The fraction of sp³-hybridized carbons (Fsp3) is 0.167. The number of aromatic nitrogens is 3. The Labute approximate surface area is 101 Å². The molecule has 3 nitrogen and oxygen atoms in total. The molecule has 0 atom stereocenters. The van der Waals surface area contributed by atoms with Crippen LogP contribution in [0.25, 0.3) is 16.4 Å². The normalized spacial score (nSPS) is 11.4.